The SMILES string of the molecule is CC(C)CN(CCCC(Cc1nccc2occc12)C(=O)C(C)(C)C)C(=O)OC(C)(C)C. The van der Waals surface area contributed by atoms with Crippen molar-refractivity contribution in [3.63, 3.8) is 0 Å². The molecule has 2 heterocycles. The van der Waals surface area contributed by atoms with Crippen LogP contribution in [0, 0.1) is 17.3 Å². The number of hydrogen-bond donors (Lipinski definition) is 0. The zero-order chi connectivity index (χ0) is 24.1. The van der Waals surface area contributed by atoms with Gasteiger partial charge in [0.25, 0.3) is 0 Å². The predicted molar refractivity (Wildman–Crippen MR) is 128 cm³/mol. The predicted octanol–water partition coefficient (Wildman–Crippen LogP) is 6.28. The number of nitrogens with zero attached hydrogens (tertiary/aromatic N) is 2. The topological polar surface area (TPSA) is 72.6 Å². The lowest BCUT2D eigenvalue weighted by atomic mass is 9.79. The molecule has 0 spiro atoms. The number of ether oxygens (including phenoxy) is 1. The van der Waals surface area contributed by atoms with Crippen LogP contribution >= 0.6 is 0 Å². The van der Waals surface area contributed by atoms with E-state index in [2.05, 4.69) is 18.8 Å². The summed E-state index contributed by atoms with van der Waals surface area (Å²) in [6.07, 6.45) is 5.05. The number of ketones is 1. The minimum atomic E-state index is -0.536. The number of pyridine rings is 1. The Kier molecular flexibility index (Phi) is 8.49. The zero-order valence-corrected chi connectivity index (χ0v) is 21.0. The van der Waals surface area contributed by atoms with Crippen LogP contribution < -0.4 is 0 Å². The number of amides is 1. The van der Waals surface area contributed by atoms with Crippen LogP contribution in [0.15, 0.2) is 29.0 Å². The average Bonchev–Trinajstić information content (AvgIpc) is 3.13. The van der Waals surface area contributed by atoms with Gasteiger partial charge in [0.1, 0.15) is 17.0 Å². The lowest BCUT2D eigenvalue weighted by Crippen LogP contribution is -2.40. The molecule has 2 aromatic rings. The molecule has 0 aromatic carbocycles. The Morgan fingerprint density at radius 1 is 1.12 bits per heavy atom. The molecule has 0 aliphatic heterocycles. The first kappa shape index (κ1) is 25.9. The highest BCUT2D eigenvalue weighted by Gasteiger charge is 2.31. The van der Waals surface area contributed by atoms with Gasteiger partial charge >= 0.3 is 6.09 Å². The standard InChI is InChI=1S/C26H40N2O4/c1-18(2)17-28(24(30)32-26(6,7)8)14-9-10-19(23(29)25(3,4)5)16-21-20-12-15-31-22(20)11-13-27-21/h11-13,15,18-19H,9-10,14,16-17H2,1-8H3. The normalized spacial score (nSPS) is 13.4. The smallest absolute Gasteiger partial charge is 0.410 e. The van der Waals surface area contributed by atoms with E-state index in [0.29, 0.717) is 31.8 Å². The van der Waals surface area contributed by atoms with Crippen LogP contribution in [0.25, 0.3) is 11.0 Å². The molecule has 0 fully saturated rings. The highest BCUT2D eigenvalue weighted by atomic mass is 16.6. The van der Waals surface area contributed by atoms with Gasteiger partial charge in [-0.05, 0) is 51.7 Å². The number of carbonyl (C=O) groups excluding carboxylic acids is 2. The van der Waals surface area contributed by atoms with Gasteiger partial charge in [-0.3, -0.25) is 9.78 Å². The Morgan fingerprint density at radius 2 is 1.81 bits per heavy atom. The third-order valence-corrected chi connectivity index (χ3v) is 5.23. The summed E-state index contributed by atoms with van der Waals surface area (Å²) >= 11 is 0. The van der Waals surface area contributed by atoms with Gasteiger partial charge in [-0.15, -0.1) is 0 Å². The highest BCUT2D eigenvalue weighted by Crippen LogP contribution is 2.28. The molecule has 2 aromatic heterocycles. The molecule has 0 saturated heterocycles. The average molecular weight is 445 g/mol. The van der Waals surface area contributed by atoms with Crippen molar-refractivity contribution in [2.45, 2.75) is 80.3 Å². The first-order valence-electron chi connectivity index (χ1n) is 11.6. The number of carbonyl (C=O) groups is 2. The van der Waals surface area contributed by atoms with Crippen molar-refractivity contribution in [2.75, 3.05) is 13.1 Å². The van der Waals surface area contributed by atoms with Crippen molar-refractivity contribution in [1.82, 2.24) is 9.88 Å². The fraction of sp³-hybridized carbons (Fsp3) is 0.654. The molecule has 6 heteroatoms. The van der Waals surface area contributed by atoms with Crippen molar-refractivity contribution in [3.05, 3.63) is 30.3 Å². The molecule has 0 aliphatic rings. The number of fused-ring (bicyclic) bond motifs is 1. The van der Waals surface area contributed by atoms with Crippen molar-refractivity contribution < 1.29 is 18.7 Å². The number of hydrogen-bond acceptors (Lipinski definition) is 5. The van der Waals surface area contributed by atoms with Gasteiger partial charge in [0, 0.05) is 42.4 Å². The van der Waals surface area contributed by atoms with Crippen molar-refractivity contribution in [1.29, 1.82) is 0 Å². The van der Waals surface area contributed by atoms with Crippen molar-refractivity contribution in [2.24, 2.45) is 17.3 Å². The Balaban J connectivity index is 2.14. The summed E-state index contributed by atoms with van der Waals surface area (Å²) in [4.78, 5) is 32.3. The van der Waals surface area contributed by atoms with E-state index >= 15 is 0 Å². The fourth-order valence-corrected chi connectivity index (χ4v) is 3.84. The molecule has 1 unspecified atom stereocenters. The van der Waals surface area contributed by atoms with E-state index < -0.39 is 11.0 Å². The molecule has 0 bridgehead atoms. The number of rotatable bonds is 9. The third kappa shape index (κ3) is 7.64. The molecule has 32 heavy (non-hydrogen) atoms. The molecule has 6 nitrogen and oxygen atoms in total. The van der Waals surface area contributed by atoms with E-state index in [1.54, 1.807) is 17.4 Å². The summed E-state index contributed by atoms with van der Waals surface area (Å²) in [5.41, 5.74) is 0.680. The van der Waals surface area contributed by atoms with Crippen LogP contribution in [-0.4, -0.2) is 40.5 Å². The Morgan fingerprint density at radius 3 is 2.41 bits per heavy atom. The van der Waals surface area contributed by atoms with Gasteiger partial charge in [-0.25, -0.2) is 4.79 Å². The van der Waals surface area contributed by atoms with E-state index in [1.807, 2.05) is 53.7 Å². The quantitative estimate of drug-likeness (QED) is 0.455. The second-order valence-corrected chi connectivity index (χ2v) is 11.1. The van der Waals surface area contributed by atoms with Gasteiger partial charge in [-0.1, -0.05) is 34.6 Å². The van der Waals surface area contributed by atoms with Gasteiger partial charge in [0.15, 0.2) is 0 Å². The van der Waals surface area contributed by atoms with Crippen LogP contribution in [0.1, 0.15) is 73.9 Å². The first-order valence-corrected chi connectivity index (χ1v) is 11.6. The Hall–Kier alpha value is -2.37. The third-order valence-electron chi connectivity index (χ3n) is 5.23. The zero-order valence-electron chi connectivity index (χ0n) is 21.0. The number of aromatic nitrogens is 1. The monoisotopic (exact) mass is 444 g/mol. The second-order valence-electron chi connectivity index (χ2n) is 11.1. The maximum absolute atomic E-state index is 13.3. The van der Waals surface area contributed by atoms with Crippen molar-refractivity contribution in [3.8, 4) is 0 Å². The maximum atomic E-state index is 13.3. The van der Waals surface area contributed by atoms with E-state index in [4.69, 9.17) is 9.15 Å². The van der Waals surface area contributed by atoms with Crippen LogP contribution in [0.5, 0.6) is 0 Å². The first-order chi connectivity index (χ1) is 14.8. The van der Waals surface area contributed by atoms with Crippen LogP contribution in [0.4, 0.5) is 4.79 Å². The fourth-order valence-electron chi connectivity index (χ4n) is 3.84. The molecule has 0 N–H and O–H groups in total. The summed E-state index contributed by atoms with van der Waals surface area (Å²) in [5.74, 6) is 0.368. The lowest BCUT2D eigenvalue weighted by molar-refractivity contribution is -0.130. The molecule has 1 atom stereocenters. The van der Waals surface area contributed by atoms with E-state index in [1.165, 1.54) is 0 Å². The van der Waals surface area contributed by atoms with Gasteiger partial charge in [0.05, 0.1) is 12.0 Å². The summed E-state index contributed by atoms with van der Waals surface area (Å²) < 4.78 is 11.1. The van der Waals surface area contributed by atoms with Crippen molar-refractivity contribution >= 4 is 22.8 Å². The van der Waals surface area contributed by atoms with Gasteiger partial charge in [0.2, 0.25) is 0 Å². The number of furan rings is 1. The molecule has 2 rings (SSSR count). The second kappa shape index (κ2) is 10.5. The minimum Gasteiger partial charge on any atom is -0.464 e. The molecular weight excluding hydrogens is 404 g/mol. The van der Waals surface area contributed by atoms with Crippen LogP contribution in [0.3, 0.4) is 0 Å². The molecule has 178 valence electrons. The van der Waals surface area contributed by atoms with Crippen LogP contribution in [-0.2, 0) is 16.0 Å². The molecule has 0 radical (unpaired) electrons. The highest BCUT2D eigenvalue weighted by molar-refractivity contribution is 5.87. The Labute approximate surface area is 192 Å². The largest absolute Gasteiger partial charge is 0.464 e. The van der Waals surface area contributed by atoms with E-state index in [9.17, 15) is 9.59 Å². The Bertz CT molecular complexity index is 902. The summed E-state index contributed by atoms with van der Waals surface area (Å²) in [5, 5.41) is 0.953. The van der Waals surface area contributed by atoms with E-state index in [0.717, 1.165) is 23.1 Å². The molecule has 0 saturated carbocycles. The molecule has 0 aliphatic carbocycles. The molecule has 1 amide bonds. The molecular formula is C26H40N2O4. The van der Waals surface area contributed by atoms with Gasteiger partial charge < -0.3 is 14.1 Å². The van der Waals surface area contributed by atoms with Crippen LogP contribution in [0.2, 0.25) is 0 Å². The minimum absolute atomic E-state index is 0.178. The summed E-state index contributed by atoms with van der Waals surface area (Å²) in [6.45, 7) is 16.9. The summed E-state index contributed by atoms with van der Waals surface area (Å²) in [7, 11) is 0. The number of Topliss-reactive ketones (excluding diaryl/α,β-unsaturated/α-hetero) is 1. The van der Waals surface area contributed by atoms with Gasteiger partial charge in [-0.2, -0.15) is 0 Å². The maximum Gasteiger partial charge on any atom is 0.410 e. The van der Waals surface area contributed by atoms with E-state index in [-0.39, 0.29) is 17.8 Å². The summed E-state index contributed by atoms with van der Waals surface area (Å²) in [6, 6.07) is 3.74. The lowest BCUT2D eigenvalue weighted by Gasteiger charge is -2.29.